The fourth-order valence-electron chi connectivity index (χ4n) is 3.49. The number of hydrogen-bond acceptors (Lipinski definition) is 4. The van der Waals surface area contributed by atoms with Crippen molar-refractivity contribution < 1.29 is 14.6 Å². The molecule has 1 aromatic heterocycles. The summed E-state index contributed by atoms with van der Waals surface area (Å²) < 4.78 is 7.36. The third-order valence-corrected chi connectivity index (χ3v) is 5.28. The van der Waals surface area contributed by atoms with Crippen molar-refractivity contribution in [1.82, 2.24) is 14.7 Å². The van der Waals surface area contributed by atoms with E-state index in [1.165, 1.54) is 0 Å². The van der Waals surface area contributed by atoms with E-state index in [-0.39, 0.29) is 5.54 Å². The number of likely N-dealkylation sites (tertiary alicyclic amines) is 1. The summed E-state index contributed by atoms with van der Waals surface area (Å²) in [4.78, 5) is 13.8. The van der Waals surface area contributed by atoms with Gasteiger partial charge in [-0.3, -0.25) is 14.4 Å². The summed E-state index contributed by atoms with van der Waals surface area (Å²) in [5.41, 5.74) is 2.23. The van der Waals surface area contributed by atoms with Crippen LogP contribution in [0.5, 0.6) is 5.75 Å². The van der Waals surface area contributed by atoms with Crippen LogP contribution in [0, 0.1) is 5.41 Å². The van der Waals surface area contributed by atoms with Gasteiger partial charge in [-0.1, -0.05) is 12.1 Å². The Morgan fingerprint density at radius 1 is 1.37 bits per heavy atom. The van der Waals surface area contributed by atoms with E-state index in [9.17, 15) is 9.90 Å². The minimum atomic E-state index is -0.719. The number of carboxylic acid groups (broad SMARTS) is 1. The Labute approximate surface area is 160 Å². The predicted octanol–water partition coefficient (Wildman–Crippen LogP) is 3.61. The lowest BCUT2D eigenvalue weighted by molar-refractivity contribution is -0.147. The molecule has 0 aliphatic carbocycles. The molecule has 1 atom stereocenters. The van der Waals surface area contributed by atoms with Gasteiger partial charge >= 0.3 is 5.97 Å². The first-order valence-electron chi connectivity index (χ1n) is 9.31. The second kappa shape index (κ2) is 7.00. The lowest BCUT2D eigenvalue weighted by Crippen LogP contribution is -2.31. The van der Waals surface area contributed by atoms with Crippen LogP contribution in [0.15, 0.2) is 30.5 Å². The molecular weight excluding hydrogens is 342 g/mol. The topological polar surface area (TPSA) is 67.6 Å². The number of benzene rings is 1. The summed E-state index contributed by atoms with van der Waals surface area (Å²) in [5, 5.41) is 14.4. The molecule has 0 saturated carbocycles. The summed E-state index contributed by atoms with van der Waals surface area (Å²) in [6, 6.07) is 7.91. The summed E-state index contributed by atoms with van der Waals surface area (Å²) in [6.45, 7) is 10.2. The van der Waals surface area contributed by atoms with Gasteiger partial charge < -0.3 is 9.84 Å². The van der Waals surface area contributed by atoms with Gasteiger partial charge in [-0.05, 0) is 52.8 Å². The number of aromatic nitrogens is 2. The lowest BCUT2D eigenvalue weighted by Gasteiger charge is -2.20. The van der Waals surface area contributed by atoms with Gasteiger partial charge in [0.1, 0.15) is 5.75 Å². The number of carboxylic acids is 1. The highest BCUT2D eigenvalue weighted by Gasteiger charge is 2.40. The molecule has 27 heavy (non-hydrogen) atoms. The Bertz CT molecular complexity index is 837. The van der Waals surface area contributed by atoms with Gasteiger partial charge in [0.2, 0.25) is 0 Å². The van der Waals surface area contributed by atoms with Crippen LogP contribution < -0.4 is 4.74 Å². The van der Waals surface area contributed by atoms with Crippen molar-refractivity contribution >= 4 is 5.97 Å². The quantitative estimate of drug-likeness (QED) is 0.870. The van der Waals surface area contributed by atoms with Gasteiger partial charge in [0.15, 0.2) is 0 Å². The maximum Gasteiger partial charge on any atom is 0.310 e. The van der Waals surface area contributed by atoms with Crippen molar-refractivity contribution in [3.63, 3.8) is 0 Å². The molecule has 2 heterocycles. The first-order chi connectivity index (χ1) is 12.6. The summed E-state index contributed by atoms with van der Waals surface area (Å²) in [5.74, 6) is 0.0757. The fourth-order valence-corrected chi connectivity index (χ4v) is 3.49. The fraction of sp³-hybridized carbons (Fsp3) is 0.524. The molecule has 1 aliphatic rings. The molecule has 1 saturated heterocycles. The Balaban J connectivity index is 1.94. The smallest absolute Gasteiger partial charge is 0.310 e. The second-order valence-corrected chi connectivity index (χ2v) is 8.68. The zero-order chi connectivity index (χ0) is 19.8. The number of methoxy groups -OCH3 is 1. The monoisotopic (exact) mass is 371 g/mol. The molecule has 0 bridgehead atoms. The Kier molecular flexibility index (Phi) is 5.04. The zero-order valence-corrected chi connectivity index (χ0v) is 16.8. The zero-order valence-electron chi connectivity index (χ0n) is 16.8. The molecule has 0 radical (unpaired) electrons. The van der Waals surface area contributed by atoms with Crippen molar-refractivity contribution in [2.45, 2.75) is 46.2 Å². The summed E-state index contributed by atoms with van der Waals surface area (Å²) in [7, 11) is 1.66. The van der Waals surface area contributed by atoms with Gasteiger partial charge in [0.05, 0.1) is 23.8 Å². The van der Waals surface area contributed by atoms with Gasteiger partial charge in [-0.15, -0.1) is 0 Å². The van der Waals surface area contributed by atoms with E-state index in [1.807, 2.05) is 35.9 Å². The van der Waals surface area contributed by atoms with Gasteiger partial charge in [-0.25, -0.2) is 0 Å². The largest absolute Gasteiger partial charge is 0.497 e. The van der Waals surface area contributed by atoms with Crippen LogP contribution in [-0.2, 0) is 16.9 Å². The van der Waals surface area contributed by atoms with Crippen molar-refractivity contribution in [3.05, 3.63) is 36.0 Å². The van der Waals surface area contributed by atoms with Crippen molar-refractivity contribution in [2.75, 3.05) is 20.2 Å². The molecule has 2 aromatic rings. The molecule has 0 spiro atoms. The standard InChI is InChI=1S/C21H29N3O3/c1-20(2,3)24-13-16(12-23-10-9-21(4,14-23)19(25)26)18(22-24)15-7-6-8-17(11-15)27-5/h6-8,11,13H,9-10,12,14H2,1-5H3,(H,25,26). The maximum atomic E-state index is 11.6. The molecule has 0 amide bonds. The van der Waals surface area contributed by atoms with E-state index in [2.05, 4.69) is 31.9 Å². The van der Waals surface area contributed by atoms with Crippen molar-refractivity contribution in [2.24, 2.45) is 5.41 Å². The number of carbonyl (C=O) groups is 1. The van der Waals surface area contributed by atoms with E-state index in [0.717, 1.165) is 29.1 Å². The molecule has 1 unspecified atom stereocenters. The van der Waals surface area contributed by atoms with Crippen LogP contribution in [0.2, 0.25) is 0 Å². The highest BCUT2D eigenvalue weighted by molar-refractivity contribution is 5.75. The summed E-state index contributed by atoms with van der Waals surface area (Å²) in [6.07, 6.45) is 2.76. The van der Waals surface area contributed by atoms with Crippen LogP contribution in [0.4, 0.5) is 0 Å². The number of aliphatic carboxylic acids is 1. The molecule has 146 valence electrons. The highest BCUT2D eigenvalue weighted by atomic mass is 16.5. The van der Waals surface area contributed by atoms with E-state index in [4.69, 9.17) is 9.84 Å². The second-order valence-electron chi connectivity index (χ2n) is 8.68. The van der Waals surface area contributed by atoms with Gasteiger partial charge in [0, 0.05) is 30.4 Å². The van der Waals surface area contributed by atoms with Gasteiger partial charge in [-0.2, -0.15) is 5.10 Å². The molecule has 3 rings (SSSR count). The van der Waals surface area contributed by atoms with Gasteiger partial charge in [0.25, 0.3) is 0 Å². The molecule has 1 N–H and O–H groups in total. The average molecular weight is 371 g/mol. The average Bonchev–Trinajstić information content (AvgIpc) is 3.20. The molecule has 6 nitrogen and oxygen atoms in total. The van der Waals surface area contributed by atoms with Crippen LogP contribution in [0.1, 0.15) is 39.7 Å². The van der Waals surface area contributed by atoms with E-state index in [1.54, 1.807) is 7.11 Å². The minimum Gasteiger partial charge on any atom is -0.497 e. The van der Waals surface area contributed by atoms with Crippen LogP contribution >= 0.6 is 0 Å². The van der Waals surface area contributed by atoms with Crippen LogP contribution in [0.3, 0.4) is 0 Å². The molecule has 1 fully saturated rings. The number of rotatable bonds is 5. The first kappa shape index (κ1) is 19.4. The number of ether oxygens (including phenoxy) is 1. The molecular formula is C21H29N3O3. The van der Waals surface area contributed by atoms with Crippen LogP contribution in [0.25, 0.3) is 11.3 Å². The van der Waals surface area contributed by atoms with Crippen LogP contribution in [-0.4, -0.2) is 46.0 Å². The van der Waals surface area contributed by atoms with Crippen molar-refractivity contribution in [1.29, 1.82) is 0 Å². The summed E-state index contributed by atoms with van der Waals surface area (Å²) >= 11 is 0. The normalized spacial score (nSPS) is 20.8. The molecule has 1 aromatic carbocycles. The number of nitrogens with zero attached hydrogens (tertiary/aromatic N) is 3. The van der Waals surface area contributed by atoms with Crippen molar-refractivity contribution in [3.8, 4) is 17.0 Å². The SMILES string of the molecule is COc1cccc(-c2nn(C(C)(C)C)cc2CN2CCC(C)(C(=O)O)C2)c1. The minimum absolute atomic E-state index is 0.132. The first-order valence-corrected chi connectivity index (χ1v) is 9.31. The third kappa shape index (κ3) is 4.00. The Morgan fingerprint density at radius 2 is 2.11 bits per heavy atom. The molecule has 6 heteroatoms. The third-order valence-electron chi connectivity index (χ3n) is 5.28. The predicted molar refractivity (Wildman–Crippen MR) is 105 cm³/mol. The highest BCUT2D eigenvalue weighted by Crippen LogP contribution is 2.33. The van der Waals surface area contributed by atoms with E-state index < -0.39 is 11.4 Å². The maximum absolute atomic E-state index is 11.6. The van der Waals surface area contributed by atoms with E-state index in [0.29, 0.717) is 19.5 Å². The number of hydrogen-bond donors (Lipinski definition) is 1. The Hall–Kier alpha value is -2.34. The Morgan fingerprint density at radius 3 is 2.70 bits per heavy atom. The molecule has 1 aliphatic heterocycles. The van der Waals surface area contributed by atoms with E-state index >= 15 is 0 Å². The lowest BCUT2D eigenvalue weighted by atomic mass is 9.90.